The summed E-state index contributed by atoms with van der Waals surface area (Å²) in [4.78, 5) is 0. The average Bonchev–Trinajstić information content (AvgIpc) is 1.61. The number of rotatable bonds is 1. The van der Waals surface area contributed by atoms with Gasteiger partial charge >= 0.3 is 59.1 Å². The SMILES string of the molecule is CC(O)CCl.O=S(=O)([O-])[O-].[Na+].[Na+]. The van der Waals surface area contributed by atoms with Gasteiger partial charge in [0.2, 0.25) is 0 Å². The molecule has 0 aromatic rings. The van der Waals surface area contributed by atoms with Crippen LogP contribution in [0.25, 0.3) is 0 Å². The monoisotopic (exact) mass is 236 g/mol. The fourth-order valence-electron chi connectivity index (χ4n) is 0. The Morgan fingerprint density at radius 1 is 1.42 bits per heavy atom. The molecule has 0 aromatic heterocycles. The van der Waals surface area contributed by atoms with E-state index in [0.717, 1.165) is 0 Å². The van der Waals surface area contributed by atoms with Crippen molar-refractivity contribution in [2.45, 2.75) is 13.0 Å². The van der Waals surface area contributed by atoms with Gasteiger partial charge in [0.25, 0.3) is 0 Å². The van der Waals surface area contributed by atoms with Crippen molar-refractivity contribution in [1.82, 2.24) is 0 Å². The molecule has 0 bridgehead atoms. The van der Waals surface area contributed by atoms with Crippen LogP contribution >= 0.6 is 11.6 Å². The first kappa shape index (κ1) is 23.7. The van der Waals surface area contributed by atoms with Crippen LogP contribution in [-0.4, -0.2) is 34.6 Å². The third-order valence-electron chi connectivity index (χ3n) is 0.223. The molecular formula is C3H7ClNa2O5S. The molecule has 0 aliphatic carbocycles. The second-order valence-electron chi connectivity index (χ2n) is 1.41. The normalized spacial score (nSPS) is 11.1. The molecular weight excluding hydrogens is 230 g/mol. The van der Waals surface area contributed by atoms with E-state index in [1.165, 1.54) is 0 Å². The van der Waals surface area contributed by atoms with Crippen LogP contribution < -0.4 is 59.1 Å². The van der Waals surface area contributed by atoms with Crippen molar-refractivity contribution in [3.8, 4) is 0 Å². The minimum absolute atomic E-state index is 0. The van der Waals surface area contributed by atoms with Gasteiger partial charge in [0.05, 0.1) is 6.10 Å². The summed E-state index contributed by atoms with van der Waals surface area (Å²) in [7, 11) is -5.17. The quantitative estimate of drug-likeness (QED) is 0.211. The van der Waals surface area contributed by atoms with Crippen LogP contribution in [0.2, 0.25) is 0 Å². The molecule has 0 saturated heterocycles. The molecule has 0 aliphatic heterocycles. The molecule has 64 valence electrons. The maximum atomic E-state index is 8.52. The van der Waals surface area contributed by atoms with Gasteiger partial charge in [-0.15, -0.1) is 11.6 Å². The molecule has 0 radical (unpaired) electrons. The summed E-state index contributed by atoms with van der Waals surface area (Å²) in [5.41, 5.74) is 0. The number of halogens is 1. The minimum Gasteiger partial charge on any atom is -0.759 e. The summed E-state index contributed by atoms with van der Waals surface area (Å²) >= 11 is 5.09. The zero-order chi connectivity index (χ0) is 8.78. The van der Waals surface area contributed by atoms with E-state index in [2.05, 4.69) is 0 Å². The van der Waals surface area contributed by atoms with Gasteiger partial charge in [-0.2, -0.15) is 0 Å². The zero-order valence-electron chi connectivity index (χ0n) is 7.15. The van der Waals surface area contributed by atoms with E-state index in [0.29, 0.717) is 5.88 Å². The molecule has 0 saturated carbocycles. The number of aliphatic hydroxyl groups is 1. The Labute approximate surface area is 121 Å². The van der Waals surface area contributed by atoms with Crippen molar-refractivity contribution < 1.29 is 81.7 Å². The molecule has 5 nitrogen and oxygen atoms in total. The molecule has 1 unspecified atom stereocenters. The molecule has 9 heteroatoms. The topological polar surface area (TPSA) is 100 Å². The Bertz CT molecular complexity index is 150. The molecule has 0 heterocycles. The van der Waals surface area contributed by atoms with E-state index in [1.807, 2.05) is 0 Å². The third-order valence-corrected chi connectivity index (χ3v) is 0.670. The molecule has 0 rings (SSSR count). The van der Waals surface area contributed by atoms with E-state index < -0.39 is 10.4 Å². The van der Waals surface area contributed by atoms with Gasteiger partial charge in [-0.3, -0.25) is 8.42 Å². The number of hydrogen-bond donors (Lipinski definition) is 1. The fourth-order valence-corrected chi connectivity index (χ4v) is 0. The van der Waals surface area contributed by atoms with Crippen molar-refractivity contribution in [3.63, 3.8) is 0 Å². The van der Waals surface area contributed by atoms with Crippen LogP contribution in [0.15, 0.2) is 0 Å². The van der Waals surface area contributed by atoms with Crippen LogP contribution in [0.3, 0.4) is 0 Å². The predicted molar refractivity (Wildman–Crippen MR) is 32.9 cm³/mol. The minimum atomic E-state index is -5.17. The summed E-state index contributed by atoms with van der Waals surface area (Å²) in [6, 6.07) is 0. The molecule has 1 atom stereocenters. The van der Waals surface area contributed by atoms with Crippen molar-refractivity contribution >= 4 is 22.0 Å². The van der Waals surface area contributed by atoms with E-state index in [4.69, 9.17) is 34.2 Å². The summed E-state index contributed by atoms with van der Waals surface area (Å²) < 4.78 is 34.1. The number of alkyl halides is 1. The van der Waals surface area contributed by atoms with Gasteiger partial charge in [0, 0.05) is 16.3 Å². The smallest absolute Gasteiger partial charge is 0.759 e. The van der Waals surface area contributed by atoms with Crippen molar-refractivity contribution in [1.29, 1.82) is 0 Å². The first-order valence-corrected chi connectivity index (χ1v) is 4.05. The molecule has 1 N–H and O–H groups in total. The first-order chi connectivity index (χ1) is 4.27. The van der Waals surface area contributed by atoms with Gasteiger partial charge in [-0.1, -0.05) is 0 Å². The van der Waals surface area contributed by atoms with E-state index in [1.54, 1.807) is 6.92 Å². The van der Waals surface area contributed by atoms with Crippen molar-refractivity contribution in [2.24, 2.45) is 0 Å². The molecule has 0 spiro atoms. The average molecular weight is 237 g/mol. The summed E-state index contributed by atoms with van der Waals surface area (Å²) in [6.07, 6.45) is -0.350. The van der Waals surface area contributed by atoms with E-state index in [9.17, 15) is 0 Å². The number of hydrogen-bond acceptors (Lipinski definition) is 5. The van der Waals surface area contributed by atoms with Crippen molar-refractivity contribution in [3.05, 3.63) is 0 Å². The maximum absolute atomic E-state index is 8.52. The Balaban J connectivity index is -0.0000000457. The third kappa shape index (κ3) is 88.3. The summed E-state index contributed by atoms with van der Waals surface area (Å²) in [5.74, 6) is 0.333. The summed E-state index contributed by atoms with van der Waals surface area (Å²) in [5, 5.41) is 8.23. The van der Waals surface area contributed by atoms with Gasteiger partial charge < -0.3 is 14.2 Å². The van der Waals surface area contributed by atoms with Gasteiger partial charge in [-0.05, 0) is 6.92 Å². The molecule has 12 heavy (non-hydrogen) atoms. The van der Waals surface area contributed by atoms with Crippen LogP contribution in [0, 0.1) is 0 Å². The standard InChI is InChI=1S/C3H7ClO.2Na.H2O4S/c1-3(5)2-4;;;1-5(2,3)4/h3,5H,2H2,1H3;;;(H2,1,2,3,4)/q;2*+1;/p-2. The largest absolute Gasteiger partial charge is 1.00 e. The molecule has 0 aliphatic rings. The molecule has 0 fully saturated rings. The second kappa shape index (κ2) is 13.1. The Morgan fingerprint density at radius 3 is 1.50 bits per heavy atom. The van der Waals surface area contributed by atoms with Gasteiger partial charge in [-0.25, -0.2) is 0 Å². The first-order valence-electron chi connectivity index (χ1n) is 2.18. The van der Waals surface area contributed by atoms with Crippen LogP contribution in [0.4, 0.5) is 0 Å². The van der Waals surface area contributed by atoms with E-state index >= 15 is 0 Å². The Morgan fingerprint density at radius 2 is 1.50 bits per heavy atom. The number of aliphatic hydroxyl groups excluding tert-OH is 1. The molecule has 0 amide bonds. The predicted octanol–water partition coefficient (Wildman–Crippen LogP) is -6.72. The molecule has 0 aromatic carbocycles. The zero-order valence-corrected chi connectivity index (χ0v) is 12.7. The fraction of sp³-hybridized carbons (Fsp3) is 1.00. The van der Waals surface area contributed by atoms with Crippen LogP contribution in [0.5, 0.6) is 0 Å². The van der Waals surface area contributed by atoms with Gasteiger partial charge in [0.1, 0.15) is 0 Å². The van der Waals surface area contributed by atoms with Crippen LogP contribution in [-0.2, 0) is 10.4 Å². The van der Waals surface area contributed by atoms with Gasteiger partial charge in [0.15, 0.2) is 0 Å². The summed E-state index contributed by atoms with van der Waals surface area (Å²) in [6.45, 7) is 1.65. The van der Waals surface area contributed by atoms with E-state index in [-0.39, 0.29) is 65.2 Å². The second-order valence-corrected chi connectivity index (χ2v) is 2.54. The maximum Gasteiger partial charge on any atom is 1.00 e. The Kier molecular flexibility index (Phi) is 25.9. The Hall–Kier alpha value is 2.12. The van der Waals surface area contributed by atoms with Crippen LogP contribution in [0.1, 0.15) is 6.92 Å². The van der Waals surface area contributed by atoms with Crippen molar-refractivity contribution in [2.75, 3.05) is 5.88 Å².